The number of carbonyl (C=O) groups is 3. The minimum Gasteiger partial charge on any atom is -0.464 e. The normalized spacial score (nSPS) is 17.6. The van der Waals surface area contributed by atoms with E-state index in [4.69, 9.17) is 14.2 Å². The van der Waals surface area contributed by atoms with Gasteiger partial charge in [-0.05, 0) is 73.1 Å². The smallest absolute Gasteiger partial charge is 0.411 e. The number of β-amino-alcohol motifs (C(OH)–C–C–N with tert-alkyl or cyclic N) is 1. The molecule has 1 N–H and O–H groups in total. The number of hydrogen-bond donors (Lipinski definition) is 1. The van der Waals surface area contributed by atoms with Gasteiger partial charge in [0.05, 0.1) is 24.7 Å². The zero-order chi connectivity index (χ0) is 30.9. The number of ether oxygens (including phenoxy) is 3. The van der Waals surface area contributed by atoms with Crippen LogP contribution in [-0.4, -0.2) is 65.0 Å². The summed E-state index contributed by atoms with van der Waals surface area (Å²) < 4.78 is 16.9. The van der Waals surface area contributed by atoms with E-state index in [2.05, 4.69) is 13.8 Å². The molecule has 1 fully saturated rings. The average molecular weight is 584 g/mol. The topological polar surface area (TPSA) is 102 Å². The summed E-state index contributed by atoms with van der Waals surface area (Å²) in [6, 6.07) is -0.825. The molecule has 0 unspecified atom stereocenters. The van der Waals surface area contributed by atoms with Gasteiger partial charge in [0.15, 0.2) is 0 Å². The maximum absolute atomic E-state index is 13.1. The van der Waals surface area contributed by atoms with E-state index in [0.717, 1.165) is 51.4 Å². The average Bonchev–Trinajstić information content (AvgIpc) is 3.29. The number of esters is 2. The summed E-state index contributed by atoms with van der Waals surface area (Å²) in [5, 5.41) is 10.0. The van der Waals surface area contributed by atoms with Crippen molar-refractivity contribution in [3.63, 3.8) is 0 Å². The zero-order valence-electron chi connectivity index (χ0n) is 27.3. The van der Waals surface area contributed by atoms with E-state index in [1.165, 1.54) is 43.4 Å². The Bertz CT molecular complexity index is 749. The Labute approximate surface area is 250 Å². The van der Waals surface area contributed by atoms with Crippen molar-refractivity contribution in [1.29, 1.82) is 0 Å². The second-order valence-corrected chi connectivity index (χ2v) is 13.5. The van der Waals surface area contributed by atoms with Crippen molar-refractivity contribution in [1.82, 2.24) is 4.90 Å². The number of unbranched alkanes of at least 4 members (excludes halogenated alkanes) is 9. The lowest BCUT2D eigenvalue weighted by molar-refractivity contribution is -0.161. The number of carbonyl (C=O) groups excluding carboxylic acids is 3. The van der Waals surface area contributed by atoms with Gasteiger partial charge in [0.1, 0.15) is 17.7 Å². The molecular weight excluding hydrogens is 522 g/mol. The number of nitrogens with zero attached hydrogens (tertiary/aromatic N) is 1. The highest BCUT2D eigenvalue weighted by Gasteiger charge is 2.41. The van der Waals surface area contributed by atoms with Crippen LogP contribution in [0, 0.1) is 5.41 Å². The van der Waals surface area contributed by atoms with E-state index in [1.807, 2.05) is 13.8 Å². The first-order valence-corrected chi connectivity index (χ1v) is 16.4. The maximum atomic E-state index is 13.1. The first-order valence-electron chi connectivity index (χ1n) is 16.4. The summed E-state index contributed by atoms with van der Waals surface area (Å²) in [5.41, 5.74) is -1.21. The molecule has 0 aliphatic carbocycles. The molecule has 41 heavy (non-hydrogen) atoms. The van der Waals surface area contributed by atoms with Crippen molar-refractivity contribution in [2.45, 2.75) is 175 Å². The summed E-state index contributed by atoms with van der Waals surface area (Å²) >= 11 is 0. The Kier molecular flexibility index (Phi) is 17.6. The van der Waals surface area contributed by atoms with Crippen molar-refractivity contribution in [3.8, 4) is 0 Å². The van der Waals surface area contributed by atoms with Crippen LogP contribution < -0.4 is 0 Å². The van der Waals surface area contributed by atoms with Gasteiger partial charge in [0.25, 0.3) is 0 Å². The van der Waals surface area contributed by atoms with E-state index in [1.54, 1.807) is 20.8 Å². The van der Waals surface area contributed by atoms with Crippen LogP contribution in [0.2, 0.25) is 0 Å². The van der Waals surface area contributed by atoms with Crippen LogP contribution in [0.15, 0.2) is 0 Å². The Morgan fingerprint density at radius 3 is 1.95 bits per heavy atom. The molecule has 0 bridgehead atoms. The van der Waals surface area contributed by atoms with Gasteiger partial charge in [-0.1, -0.05) is 71.6 Å². The van der Waals surface area contributed by atoms with Gasteiger partial charge < -0.3 is 19.3 Å². The van der Waals surface area contributed by atoms with E-state index in [0.29, 0.717) is 6.42 Å². The summed E-state index contributed by atoms with van der Waals surface area (Å²) in [6.07, 6.45) is 14.4. The van der Waals surface area contributed by atoms with Crippen molar-refractivity contribution < 1.29 is 33.7 Å². The molecule has 240 valence electrons. The van der Waals surface area contributed by atoms with E-state index in [-0.39, 0.29) is 31.6 Å². The van der Waals surface area contributed by atoms with Crippen molar-refractivity contribution in [3.05, 3.63) is 0 Å². The molecule has 0 aromatic rings. The number of amides is 1. The lowest BCUT2D eigenvalue weighted by atomic mass is 9.86. The van der Waals surface area contributed by atoms with Crippen LogP contribution in [0.1, 0.15) is 151 Å². The predicted molar refractivity (Wildman–Crippen MR) is 163 cm³/mol. The standard InChI is InChI=1S/C33H61NO7/c1-8-10-12-16-20-27(21-17-13-11-9-2)40-30(37)33(6,7)22-18-14-15-19-23-39-29(36)28-24-26(35)25-34(28)31(38)41-32(3,4)5/h26-28,35H,8-25H2,1-7H3/t26-,28-/m0/s1. The van der Waals surface area contributed by atoms with Crippen LogP contribution in [0.4, 0.5) is 4.79 Å². The third-order valence-corrected chi connectivity index (χ3v) is 7.71. The third-order valence-electron chi connectivity index (χ3n) is 7.71. The molecule has 0 aromatic carbocycles. The number of likely N-dealkylation sites (tertiary alicyclic amines) is 1. The predicted octanol–water partition coefficient (Wildman–Crippen LogP) is 7.73. The largest absolute Gasteiger partial charge is 0.464 e. The van der Waals surface area contributed by atoms with E-state index >= 15 is 0 Å². The van der Waals surface area contributed by atoms with E-state index < -0.39 is 35.2 Å². The molecule has 2 atom stereocenters. The molecule has 8 nitrogen and oxygen atoms in total. The molecule has 1 heterocycles. The molecular formula is C33H61NO7. The summed E-state index contributed by atoms with van der Waals surface area (Å²) in [4.78, 5) is 39.4. The van der Waals surface area contributed by atoms with Gasteiger partial charge in [0.2, 0.25) is 0 Å². The summed E-state index contributed by atoms with van der Waals surface area (Å²) in [5.74, 6) is -0.592. The lowest BCUT2D eigenvalue weighted by Gasteiger charge is -2.27. The molecule has 1 saturated heterocycles. The van der Waals surface area contributed by atoms with Gasteiger partial charge in [-0.2, -0.15) is 0 Å². The third kappa shape index (κ3) is 15.8. The van der Waals surface area contributed by atoms with Crippen molar-refractivity contribution in [2.75, 3.05) is 13.2 Å². The van der Waals surface area contributed by atoms with Crippen LogP contribution in [-0.2, 0) is 23.8 Å². The summed E-state index contributed by atoms with van der Waals surface area (Å²) in [6.45, 7) is 14.0. The van der Waals surface area contributed by atoms with E-state index in [9.17, 15) is 19.5 Å². The minimum absolute atomic E-state index is 0.0254. The van der Waals surface area contributed by atoms with Gasteiger partial charge in [-0.25, -0.2) is 9.59 Å². The zero-order valence-corrected chi connectivity index (χ0v) is 27.3. The number of aliphatic hydroxyl groups excluding tert-OH is 1. The van der Waals surface area contributed by atoms with Crippen LogP contribution in [0.25, 0.3) is 0 Å². The van der Waals surface area contributed by atoms with Gasteiger partial charge in [-0.15, -0.1) is 0 Å². The highest BCUT2D eigenvalue weighted by Crippen LogP contribution is 2.28. The monoisotopic (exact) mass is 583 g/mol. The Morgan fingerprint density at radius 1 is 0.829 bits per heavy atom. The van der Waals surface area contributed by atoms with Gasteiger partial charge >= 0.3 is 18.0 Å². The molecule has 0 radical (unpaired) electrons. The molecule has 1 aliphatic rings. The quantitative estimate of drug-likeness (QED) is 0.0889. The van der Waals surface area contributed by atoms with Gasteiger partial charge in [-0.3, -0.25) is 9.69 Å². The summed E-state index contributed by atoms with van der Waals surface area (Å²) in [7, 11) is 0. The first-order chi connectivity index (χ1) is 19.3. The first kappa shape index (κ1) is 37.2. The second-order valence-electron chi connectivity index (χ2n) is 13.5. The highest BCUT2D eigenvalue weighted by molar-refractivity contribution is 5.82. The molecule has 0 aromatic heterocycles. The molecule has 1 rings (SSSR count). The van der Waals surface area contributed by atoms with Crippen molar-refractivity contribution in [2.24, 2.45) is 5.41 Å². The molecule has 1 aliphatic heterocycles. The molecule has 8 heteroatoms. The van der Waals surface area contributed by atoms with Crippen LogP contribution in [0.3, 0.4) is 0 Å². The Balaban J connectivity index is 2.37. The maximum Gasteiger partial charge on any atom is 0.411 e. The number of rotatable bonds is 20. The number of hydrogen-bond acceptors (Lipinski definition) is 7. The molecule has 0 spiro atoms. The Morgan fingerprint density at radius 2 is 1.39 bits per heavy atom. The molecule has 0 saturated carbocycles. The minimum atomic E-state index is -0.825. The van der Waals surface area contributed by atoms with Crippen molar-refractivity contribution >= 4 is 18.0 Å². The fraction of sp³-hybridized carbons (Fsp3) is 0.909. The second kappa shape index (κ2) is 19.4. The van der Waals surface area contributed by atoms with Crippen LogP contribution >= 0.6 is 0 Å². The fourth-order valence-electron chi connectivity index (χ4n) is 5.12. The van der Waals surface area contributed by atoms with Crippen LogP contribution in [0.5, 0.6) is 0 Å². The SMILES string of the molecule is CCCCCCC(CCCCCC)OC(=O)C(C)(C)CCCCCCOC(=O)[C@@H]1C[C@H](O)CN1C(=O)OC(C)(C)C. The Hall–Kier alpha value is -1.83. The number of aliphatic hydroxyl groups is 1. The lowest BCUT2D eigenvalue weighted by Crippen LogP contribution is -2.44. The fourth-order valence-corrected chi connectivity index (χ4v) is 5.12. The van der Waals surface area contributed by atoms with Gasteiger partial charge in [0, 0.05) is 6.42 Å². The highest BCUT2D eigenvalue weighted by atomic mass is 16.6. The molecule has 1 amide bonds.